The van der Waals surface area contributed by atoms with Crippen LogP contribution in [0, 0.1) is 5.82 Å². The summed E-state index contributed by atoms with van der Waals surface area (Å²) in [6.45, 7) is 3.52. The number of halogens is 1. The fourth-order valence-electron chi connectivity index (χ4n) is 3.07. The molecule has 4 rings (SSSR count). The van der Waals surface area contributed by atoms with Crippen LogP contribution >= 0.6 is 11.3 Å². The number of piperazine rings is 1. The Labute approximate surface area is 138 Å². The van der Waals surface area contributed by atoms with E-state index in [2.05, 4.69) is 27.1 Å². The van der Waals surface area contributed by atoms with Crippen molar-refractivity contribution >= 4 is 27.2 Å². The summed E-state index contributed by atoms with van der Waals surface area (Å²) < 4.78 is 14.1. The number of rotatable bonds is 2. The van der Waals surface area contributed by atoms with Crippen molar-refractivity contribution in [1.29, 1.82) is 0 Å². The molecular weight excluding hydrogens is 311 g/mol. The molecule has 6 heteroatoms. The zero-order valence-corrected chi connectivity index (χ0v) is 13.6. The van der Waals surface area contributed by atoms with Gasteiger partial charge >= 0.3 is 0 Å². The molecule has 1 aromatic carbocycles. The molecule has 0 amide bonds. The molecule has 1 fully saturated rings. The van der Waals surface area contributed by atoms with Gasteiger partial charge in [-0.15, -0.1) is 11.3 Å². The maximum Gasteiger partial charge on any atom is 0.148 e. The Morgan fingerprint density at radius 1 is 1.26 bits per heavy atom. The average molecular weight is 328 g/mol. The molecule has 0 radical (unpaired) electrons. The first-order valence-corrected chi connectivity index (χ1v) is 8.54. The number of anilines is 1. The molecule has 118 valence electrons. The van der Waals surface area contributed by atoms with Crippen LogP contribution in [0.5, 0.6) is 0 Å². The van der Waals surface area contributed by atoms with Crippen LogP contribution in [0.3, 0.4) is 0 Å². The molecular formula is C17H17FN4S. The van der Waals surface area contributed by atoms with Gasteiger partial charge in [-0.2, -0.15) is 0 Å². The highest BCUT2D eigenvalue weighted by Gasteiger charge is 2.28. The number of thiophene rings is 1. The number of fused-ring (bicyclic) bond motifs is 1. The summed E-state index contributed by atoms with van der Waals surface area (Å²) in [4.78, 5) is 12.2. The summed E-state index contributed by atoms with van der Waals surface area (Å²) in [5.74, 6) is 0.586. The Kier molecular flexibility index (Phi) is 3.71. The van der Waals surface area contributed by atoms with Crippen LogP contribution < -0.4 is 10.2 Å². The van der Waals surface area contributed by atoms with Crippen LogP contribution in [0.2, 0.25) is 0 Å². The van der Waals surface area contributed by atoms with Crippen LogP contribution in [0.25, 0.3) is 10.2 Å². The smallest absolute Gasteiger partial charge is 0.148 e. The number of nitrogens with one attached hydrogen (secondary N) is 1. The minimum absolute atomic E-state index is 0.00939. The lowest BCUT2D eigenvalue weighted by atomic mass is 10.1. The van der Waals surface area contributed by atoms with Crippen molar-refractivity contribution in [2.45, 2.75) is 19.0 Å². The van der Waals surface area contributed by atoms with E-state index in [4.69, 9.17) is 0 Å². The third-order valence-electron chi connectivity index (χ3n) is 4.11. The second kappa shape index (κ2) is 5.86. The van der Waals surface area contributed by atoms with E-state index in [1.165, 1.54) is 6.07 Å². The molecule has 0 bridgehead atoms. The number of aromatic nitrogens is 2. The van der Waals surface area contributed by atoms with Gasteiger partial charge in [0, 0.05) is 30.7 Å². The predicted octanol–water partition coefficient (Wildman–Crippen LogP) is 3.37. The first kappa shape index (κ1) is 14.5. The lowest BCUT2D eigenvalue weighted by molar-refractivity contribution is 0.381. The van der Waals surface area contributed by atoms with Crippen LogP contribution in [-0.4, -0.2) is 29.1 Å². The Morgan fingerprint density at radius 3 is 3.00 bits per heavy atom. The van der Waals surface area contributed by atoms with Crippen molar-refractivity contribution in [3.05, 3.63) is 53.6 Å². The number of nitrogens with zero attached hydrogens (tertiary/aromatic N) is 3. The predicted molar refractivity (Wildman–Crippen MR) is 91.4 cm³/mol. The van der Waals surface area contributed by atoms with Crippen molar-refractivity contribution in [2.75, 3.05) is 18.0 Å². The highest BCUT2D eigenvalue weighted by Crippen LogP contribution is 2.26. The zero-order valence-electron chi connectivity index (χ0n) is 12.7. The zero-order chi connectivity index (χ0) is 15.8. The van der Waals surface area contributed by atoms with Gasteiger partial charge < -0.3 is 10.2 Å². The first-order valence-electron chi connectivity index (χ1n) is 7.66. The third kappa shape index (κ3) is 2.80. The van der Waals surface area contributed by atoms with Gasteiger partial charge in [0.25, 0.3) is 0 Å². The van der Waals surface area contributed by atoms with Crippen molar-refractivity contribution in [3.8, 4) is 0 Å². The van der Waals surface area contributed by atoms with E-state index >= 15 is 0 Å². The van der Waals surface area contributed by atoms with Crippen molar-refractivity contribution in [2.24, 2.45) is 0 Å². The topological polar surface area (TPSA) is 41.1 Å². The monoisotopic (exact) mass is 328 g/mol. The summed E-state index contributed by atoms with van der Waals surface area (Å²) in [6.07, 6.45) is 1.86. The molecule has 0 saturated carbocycles. The molecule has 4 nitrogen and oxygen atoms in total. The normalized spacial score (nSPS) is 21.7. The fourth-order valence-corrected chi connectivity index (χ4v) is 3.82. The highest BCUT2D eigenvalue weighted by molar-refractivity contribution is 7.16. The fraction of sp³-hybridized carbons (Fsp3) is 0.294. The number of para-hydroxylation sites is 1. The van der Waals surface area contributed by atoms with Crippen molar-refractivity contribution < 1.29 is 4.39 Å². The van der Waals surface area contributed by atoms with Gasteiger partial charge in [-0.25, -0.2) is 14.4 Å². The largest absolute Gasteiger partial charge is 0.366 e. The standard InChI is InChI=1S/C17H17FN4S/c1-11-9-22(15-5-3-2-4-13(15)18)10-14(20-11)16-19-8-12-6-7-23-17(12)21-16/h2-8,11,14,20H,9-10H2,1H3. The van der Waals surface area contributed by atoms with Gasteiger partial charge in [0.1, 0.15) is 16.5 Å². The highest BCUT2D eigenvalue weighted by atomic mass is 32.1. The molecule has 2 atom stereocenters. The SMILES string of the molecule is CC1CN(c2ccccc2F)CC(c2ncc3ccsc3n2)N1. The van der Waals surface area contributed by atoms with Gasteiger partial charge in [0.2, 0.25) is 0 Å². The van der Waals surface area contributed by atoms with Crippen LogP contribution in [0.1, 0.15) is 18.8 Å². The summed E-state index contributed by atoms with van der Waals surface area (Å²) in [6, 6.07) is 9.16. The summed E-state index contributed by atoms with van der Waals surface area (Å²) >= 11 is 1.61. The number of hydrogen-bond acceptors (Lipinski definition) is 5. The molecule has 2 unspecified atom stereocenters. The van der Waals surface area contributed by atoms with Crippen LogP contribution in [-0.2, 0) is 0 Å². The Balaban J connectivity index is 1.65. The quantitative estimate of drug-likeness (QED) is 0.783. The molecule has 1 saturated heterocycles. The van der Waals surface area contributed by atoms with Crippen LogP contribution in [0.15, 0.2) is 41.9 Å². The average Bonchev–Trinajstić information content (AvgIpc) is 3.02. The van der Waals surface area contributed by atoms with Gasteiger partial charge in [0.05, 0.1) is 11.7 Å². The van der Waals surface area contributed by atoms with Gasteiger partial charge in [-0.05, 0) is 30.5 Å². The van der Waals surface area contributed by atoms with Gasteiger partial charge in [0.15, 0.2) is 0 Å². The summed E-state index contributed by atoms with van der Waals surface area (Å²) in [7, 11) is 0. The van der Waals surface area contributed by atoms with E-state index < -0.39 is 0 Å². The lowest BCUT2D eigenvalue weighted by Gasteiger charge is -2.38. The van der Waals surface area contributed by atoms with Crippen molar-refractivity contribution in [3.63, 3.8) is 0 Å². The van der Waals surface area contributed by atoms with E-state index in [9.17, 15) is 4.39 Å². The maximum absolute atomic E-state index is 14.1. The Morgan fingerprint density at radius 2 is 2.13 bits per heavy atom. The van der Waals surface area contributed by atoms with E-state index in [1.807, 2.05) is 29.8 Å². The Hall–Kier alpha value is -2.05. The molecule has 1 aliphatic rings. The number of hydrogen-bond donors (Lipinski definition) is 1. The maximum atomic E-state index is 14.1. The summed E-state index contributed by atoms with van der Waals surface area (Å²) in [5.41, 5.74) is 0.642. The lowest BCUT2D eigenvalue weighted by Crippen LogP contribution is -2.51. The molecule has 2 aromatic heterocycles. The molecule has 0 aliphatic carbocycles. The van der Waals surface area contributed by atoms with E-state index in [-0.39, 0.29) is 17.9 Å². The molecule has 0 spiro atoms. The molecule has 23 heavy (non-hydrogen) atoms. The minimum atomic E-state index is -0.185. The van der Waals surface area contributed by atoms with E-state index in [0.29, 0.717) is 12.2 Å². The third-order valence-corrected chi connectivity index (χ3v) is 4.94. The molecule has 3 aromatic rings. The minimum Gasteiger partial charge on any atom is -0.366 e. The van der Waals surface area contributed by atoms with Gasteiger partial charge in [-0.3, -0.25) is 0 Å². The first-order chi connectivity index (χ1) is 11.2. The second-order valence-electron chi connectivity index (χ2n) is 5.89. The van der Waals surface area contributed by atoms with Crippen LogP contribution in [0.4, 0.5) is 10.1 Å². The number of benzene rings is 1. The Bertz CT molecular complexity index is 834. The van der Waals surface area contributed by atoms with E-state index in [1.54, 1.807) is 17.4 Å². The molecule has 1 N–H and O–H groups in total. The summed E-state index contributed by atoms with van der Waals surface area (Å²) in [5, 5.41) is 6.61. The van der Waals surface area contributed by atoms with Crippen molar-refractivity contribution in [1.82, 2.24) is 15.3 Å². The molecule has 3 heterocycles. The molecule has 1 aliphatic heterocycles. The van der Waals surface area contributed by atoms with E-state index in [0.717, 1.165) is 22.6 Å². The van der Waals surface area contributed by atoms with Gasteiger partial charge in [-0.1, -0.05) is 12.1 Å². The second-order valence-corrected chi connectivity index (χ2v) is 6.78.